The van der Waals surface area contributed by atoms with E-state index >= 15 is 0 Å². The molecule has 1 atom stereocenters. The summed E-state index contributed by atoms with van der Waals surface area (Å²) < 4.78 is 1.69. The second-order valence-corrected chi connectivity index (χ2v) is 7.65. The van der Waals surface area contributed by atoms with Crippen molar-refractivity contribution in [3.63, 3.8) is 0 Å². The molecule has 4 aromatic rings. The molecule has 2 amide bonds. The van der Waals surface area contributed by atoms with Crippen LogP contribution in [0.5, 0.6) is 0 Å². The minimum absolute atomic E-state index is 0.0318. The fourth-order valence-corrected chi connectivity index (χ4v) is 4.11. The van der Waals surface area contributed by atoms with E-state index in [1.807, 2.05) is 29.2 Å². The lowest BCUT2D eigenvalue weighted by Crippen LogP contribution is -2.31. The fraction of sp³-hybridized carbons (Fsp3) is 0.286. The van der Waals surface area contributed by atoms with Crippen molar-refractivity contribution in [3.05, 3.63) is 59.8 Å². The van der Waals surface area contributed by atoms with Gasteiger partial charge in [0.15, 0.2) is 5.65 Å². The molecule has 30 heavy (non-hydrogen) atoms. The molecule has 3 aromatic heterocycles. The van der Waals surface area contributed by atoms with E-state index in [1.54, 1.807) is 37.3 Å². The summed E-state index contributed by atoms with van der Waals surface area (Å²) in [5.74, 6) is -0.183. The van der Waals surface area contributed by atoms with Crippen LogP contribution in [-0.2, 0) is 0 Å². The highest BCUT2D eigenvalue weighted by molar-refractivity contribution is 5.99. The Morgan fingerprint density at radius 2 is 2.07 bits per heavy atom. The van der Waals surface area contributed by atoms with E-state index in [2.05, 4.69) is 20.1 Å². The van der Waals surface area contributed by atoms with Gasteiger partial charge in [-0.15, -0.1) is 0 Å². The maximum absolute atomic E-state index is 13.3. The lowest BCUT2D eigenvalue weighted by molar-refractivity contribution is 0.0731. The van der Waals surface area contributed by atoms with Gasteiger partial charge in [-0.3, -0.25) is 9.59 Å². The van der Waals surface area contributed by atoms with Gasteiger partial charge in [-0.25, -0.2) is 14.5 Å². The number of likely N-dealkylation sites (tertiary alicyclic amines) is 1. The molecule has 0 bridgehead atoms. The molecule has 0 saturated carbocycles. The molecule has 1 fully saturated rings. The first-order valence-electron chi connectivity index (χ1n) is 9.83. The Balaban J connectivity index is 1.52. The maximum atomic E-state index is 13.3. The largest absolute Gasteiger partial charge is 0.345 e. The molecule has 4 heterocycles. The Bertz CT molecular complexity index is 1270. The summed E-state index contributed by atoms with van der Waals surface area (Å²) in [6.07, 6.45) is 6.57. The van der Waals surface area contributed by atoms with Crippen LogP contribution in [0.3, 0.4) is 0 Å². The van der Waals surface area contributed by atoms with Crippen molar-refractivity contribution >= 4 is 28.5 Å². The summed E-state index contributed by atoms with van der Waals surface area (Å²) in [7, 11) is 3.40. The summed E-state index contributed by atoms with van der Waals surface area (Å²) >= 11 is 0. The van der Waals surface area contributed by atoms with Crippen molar-refractivity contribution in [3.8, 4) is 0 Å². The van der Waals surface area contributed by atoms with Gasteiger partial charge in [-0.2, -0.15) is 5.10 Å². The van der Waals surface area contributed by atoms with Crippen LogP contribution in [0.25, 0.3) is 16.7 Å². The van der Waals surface area contributed by atoms with Crippen molar-refractivity contribution in [2.75, 3.05) is 20.6 Å². The van der Waals surface area contributed by atoms with Crippen molar-refractivity contribution in [1.82, 2.24) is 34.4 Å². The Labute approximate surface area is 172 Å². The monoisotopic (exact) mass is 403 g/mol. The molecular weight excluding hydrogens is 382 g/mol. The predicted molar refractivity (Wildman–Crippen MR) is 110 cm³/mol. The van der Waals surface area contributed by atoms with E-state index in [0.717, 1.165) is 29.6 Å². The predicted octanol–water partition coefficient (Wildman–Crippen LogP) is 2.28. The van der Waals surface area contributed by atoms with Gasteiger partial charge in [-0.1, -0.05) is 0 Å². The Morgan fingerprint density at radius 3 is 2.90 bits per heavy atom. The van der Waals surface area contributed by atoms with Crippen LogP contribution in [-0.4, -0.2) is 66.8 Å². The normalized spacial score (nSPS) is 16.5. The van der Waals surface area contributed by atoms with E-state index in [1.165, 1.54) is 4.90 Å². The highest BCUT2D eigenvalue weighted by atomic mass is 16.2. The molecule has 0 unspecified atom stereocenters. The van der Waals surface area contributed by atoms with Crippen LogP contribution in [0.1, 0.15) is 45.3 Å². The lowest BCUT2D eigenvalue weighted by Gasteiger charge is -2.25. The number of benzene rings is 1. The third kappa shape index (κ3) is 2.81. The van der Waals surface area contributed by atoms with Crippen LogP contribution in [0, 0.1) is 0 Å². The van der Waals surface area contributed by atoms with Crippen molar-refractivity contribution < 1.29 is 9.59 Å². The van der Waals surface area contributed by atoms with E-state index in [4.69, 9.17) is 0 Å². The zero-order chi connectivity index (χ0) is 20.8. The fourth-order valence-electron chi connectivity index (χ4n) is 4.11. The molecule has 1 aliphatic heterocycles. The standard InChI is InChI=1S/C21H21N7O2/c1-26(2)21(30)14-11-25-28-18(7-8-22-19(14)28)17-4-3-9-27(17)20(29)13-5-6-15-16(10-13)24-12-23-15/h5-8,10-12,17H,3-4,9H2,1-2H3,(H,23,24)/t17-/m0/s1. The zero-order valence-electron chi connectivity index (χ0n) is 16.7. The molecule has 0 aliphatic carbocycles. The molecule has 0 radical (unpaired) electrons. The highest BCUT2D eigenvalue weighted by Gasteiger charge is 2.33. The molecule has 0 spiro atoms. The minimum atomic E-state index is -0.151. The SMILES string of the molecule is CN(C)C(=O)c1cnn2c([C@@H]3CCCN3C(=O)c3ccc4nc[nH]c4c3)ccnc12. The molecule has 1 N–H and O–H groups in total. The van der Waals surface area contributed by atoms with Gasteiger partial charge in [-0.05, 0) is 37.1 Å². The molecular formula is C21H21N7O2. The molecule has 1 saturated heterocycles. The second kappa shape index (κ2) is 6.94. The average molecular weight is 403 g/mol. The first-order chi connectivity index (χ1) is 14.5. The van der Waals surface area contributed by atoms with Crippen LogP contribution in [0.15, 0.2) is 43.0 Å². The Kier molecular flexibility index (Phi) is 4.23. The van der Waals surface area contributed by atoms with Gasteiger partial charge in [0.1, 0.15) is 5.56 Å². The van der Waals surface area contributed by atoms with Crippen molar-refractivity contribution in [1.29, 1.82) is 0 Å². The number of carbonyl (C=O) groups excluding carboxylic acids is 2. The van der Waals surface area contributed by atoms with Gasteiger partial charge in [0.05, 0.1) is 35.3 Å². The van der Waals surface area contributed by atoms with Gasteiger partial charge in [0, 0.05) is 32.4 Å². The number of aromatic nitrogens is 5. The number of aromatic amines is 1. The molecule has 9 heteroatoms. The maximum Gasteiger partial charge on any atom is 0.258 e. The molecule has 9 nitrogen and oxygen atoms in total. The lowest BCUT2D eigenvalue weighted by atomic mass is 10.1. The quantitative estimate of drug-likeness (QED) is 0.566. The topological polar surface area (TPSA) is 99.5 Å². The molecule has 1 aliphatic rings. The Hall–Kier alpha value is -3.75. The second-order valence-electron chi connectivity index (χ2n) is 7.65. The Morgan fingerprint density at radius 1 is 1.20 bits per heavy atom. The highest BCUT2D eigenvalue weighted by Crippen LogP contribution is 2.33. The molecule has 1 aromatic carbocycles. The number of hydrogen-bond acceptors (Lipinski definition) is 5. The van der Waals surface area contributed by atoms with Crippen LogP contribution >= 0.6 is 0 Å². The number of hydrogen-bond donors (Lipinski definition) is 1. The third-order valence-corrected chi connectivity index (χ3v) is 5.59. The smallest absolute Gasteiger partial charge is 0.258 e. The number of fused-ring (bicyclic) bond motifs is 2. The number of imidazole rings is 1. The van der Waals surface area contributed by atoms with Crippen molar-refractivity contribution in [2.45, 2.75) is 18.9 Å². The molecule has 5 rings (SSSR count). The van der Waals surface area contributed by atoms with Crippen molar-refractivity contribution in [2.24, 2.45) is 0 Å². The summed E-state index contributed by atoms with van der Waals surface area (Å²) in [5, 5.41) is 4.42. The number of amides is 2. The number of rotatable bonds is 3. The van der Waals surface area contributed by atoms with Crippen LogP contribution in [0.2, 0.25) is 0 Å². The number of carbonyl (C=O) groups is 2. The zero-order valence-corrected chi connectivity index (χ0v) is 16.7. The summed E-state index contributed by atoms with van der Waals surface area (Å²) in [4.78, 5) is 40.8. The van der Waals surface area contributed by atoms with E-state index in [0.29, 0.717) is 23.3 Å². The van der Waals surface area contributed by atoms with Gasteiger partial charge in [0.2, 0.25) is 0 Å². The van der Waals surface area contributed by atoms with Gasteiger partial charge < -0.3 is 14.8 Å². The van der Waals surface area contributed by atoms with E-state index in [9.17, 15) is 9.59 Å². The summed E-state index contributed by atoms with van der Waals surface area (Å²) in [6.45, 7) is 0.666. The minimum Gasteiger partial charge on any atom is -0.345 e. The first kappa shape index (κ1) is 18.3. The first-order valence-corrected chi connectivity index (χ1v) is 9.83. The molecule has 152 valence electrons. The van der Waals surface area contributed by atoms with Gasteiger partial charge >= 0.3 is 0 Å². The summed E-state index contributed by atoms with van der Waals surface area (Å²) in [5.41, 5.74) is 4.09. The van der Waals surface area contributed by atoms with E-state index in [-0.39, 0.29) is 17.9 Å². The van der Waals surface area contributed by atoms with Gasteiger partial charge in [0.25, 0.3) is 11.8 Å². The van der Waals surface area contributed by atoms with Crippen LogP contribution < -0.4 is 0 Å². The number of nitrogens with zero attached hydrogens (tertiary/aromatic N) is 6. The summed E-state index contributed by atoms with van der Waals surface area (Å²) in [6, 6.07) is 7.23. The third-order valence-electron chi connectivity index (χ3n) is 5.59. The number of nitrogens with one attached hydrogen (secondary N) is 1. The van der Waals surface area contributed by atoms with E-state index < -0.39 is 0 Å². The average Bonchev–Trinajstić information content (AvgIpc) is 3.50. The number of H-pyrrole nitrogens is 1. The van der Waals surface area contributed by atoms with Crippen LogP contribution in [0.4, 0.5) is 0 Å².